The number of furan rings is 1. The molecular formula is C13H20N2O2. The maximum atomic E-state index is 12.3. The van der Waals surface area contributed by atoms with Gasteiger partial charge in [-0.3, -0.25) is 4.79 Å². The number of carbonyl (C=O) groups is 1. The van der Waals surface area contributed by atoms with Crippen LogP contribution in [0.15, 0.2) is 16.7 Å². The summed E-state index contributed by atoms with van der Waals surface area (Å²) < 4.78 is 5.22. The van der Waals surface area contributed by atoms with Crippen molar-refractivity contribution in [2.75, 3.05) is 6.54 Å². The summed E-state index contributed by atoms with van der Waals surface area (Å²) in [5.41, 5.74) is 6.10. The van der Waals surface area contributed by atoms with E-state index < -0.39 is 0 Å². The molecule has 4 heteroatoms. The third-order valence-electron chi connectivity index (χ3n) is 3.46. The van der Waals surface area contributed by atoms with Gasteiger partial charge in [-0.2, -0.15) is 0 Å². The standard InChI is InChI=1S/C13H20N2O2/c1-3-11-4-9(2)7-15(11)13(16)10-5-12(6-14)17-8-10/h5,8-9,11H,3-4,6-7,14H2,1-2H3. The minimum Gasteiger partial charge on any atom is -0.467 e. The topological polar surface area (TPSA) is 59.5 Å². The van der Waals surface area contributed by atoms with Gasteiger partial charge in [0.15, 0.2) is 0 Å². The van der Waals surface area contributed by atoms with Gasteiger partial charge in [-0.1, -0.05) is 13.8 Å². The van der Waals surface area contributed by atoms with Crippen molar-refractivity contribution in [3.05, 3.63) is 23.7 Å². The second-order valence-corrected chi connectivity index (χ2v) is 4.87. The van der Waals surface area contributed by atoms with Crippen LogP contribution in [0, 0.1) is 5.92 Å². The first-order valence-electron chi connectivity index (χ1n) is 6.24. The van der Waals surface area contributed by atoms with E-state index in [0.717, 1.165) is 19.4 Å². The van der Waals surface area contributed by atoms with Crippen molar-refractivity contribution in [3.63, 3.8) is 0 Å². The van der Waals surface area contributed by atoms with Crippen molar-refractivity contribution in [1.82, 2.24) is 4.90 Å². The quantitative estimate of drug-likeness (QED) is 0.873. The van der Waals surface area contributed by atoms with Crippen LogP contribution in [0.1, 0.15) is 42.8 Å². The molecule has 2 atom stereocenters. The zero-order chi connectivity index (χ0) is 12.4. The van der Waals surface area contributed by atoms with E-state index in [2.05, 4.69) is 13.8 Å². The minimum absolute atomic E-state index is 0.0738. The largest absolute Gasteiger partial charge is 0.467 e. The third-order valence-corrected chi connectivity index (χ3v) is 3.46. The normalized spacial score (nSPS) is 24.3. The van der Waals surface area contributed by atoms with Gasteiger partial charge < -0.3 is 15.1 Å². The third kappa shape index (κ3) is 2.36. The maximum Gasteiger partial charge on any atom is 0.257 e. The van der Waals surface area contributed by atoms with Gasteiger partial charge in [-0.25, -0.2) is 0 Å². The SMILES string of the molecule is CCC1CC(C)CN1C(=O)c1coc(CN)c1. The van der Waals surface area contributed by atoms with Crippen molar-refractivity contribution < 1.29 is 9.21 Å². The smallest absolute Gasteiger partial charge is 0.257 e. The minimum atomic E-state index is 0.0738. The molecule has 1 aromatic heterocycles. The van der Waals surface area contributed by atoms with E-state index in [1.54, 1.807) is 6.07 Å². The molecular weight excluding hydrogens is 216 g/mol. The second kappa shape index (κ2) is 4.92. The average Bonchev–Trinajstić information content (AvgIpc) is 2.93. The molecule has 1 saturated heterocycles. The summed E-state index contributed by atoms with van der Waals surface area (Å²) in [5, 5.41) is 0. The molecule has 17 heavy (non-hydrogen) atoms. The van der Waals surface area contributed by atoms with E-state index in [-0.39, 0.29) is 5.91 Å². The molecule has 0 aliphatic carbocycles. The molecule has 0 radical (unpaired) electrons. The number of hydrogen-bond donors (Lipinski definition) is 1. The maximum absolute atomic E-state index is 12.3. The first-order chi connectivity index (χ1) is 8.15. The van der Waals surface area contributed by atoms with Gasteiger partial charge >= 0.3 is 0 Å². The van der Waals surface area contributed by atoms with Crippen LogP contribution in [0.25, 0.3) is 0 Å². The Balaban J connectivity index is 2.13. The molecule has 94 valence electrons. The fourth-order valence-electron chi connectivity index (χ4n) is 2.55. The van der Waals surface area contributed by atoms with E-state index in [1.807, 2.05) is 4.90 Å². The summed E-state index contributed by atoms with van der Waals surface area (Å²) in [6.07, 6.45) is 3.63. The Labute approximate surface area is 102 Å². The predicted octanol–water partition coefficient (Wildman–Crippen LogP) is 2.00. The Hall–Kier alpha value is -1.29. The van der Waals surface area contributed by atoms with Crippen LogP contribution in [0.3, 0.4) is 0 Å². The fourth-order valence-corrected chi connectivity index (χ4v) is 2.55. The van der Waals surface area contributed by atoms with Crippen molar-refractivity contribution >= 4 is 5.91 Å². The summed E-state index contributed by atoms with van der Waals surface area (Å²) in [6, 6.07) is 2.12. The van der Waals surface area contributed by atoms with Crippen molar-refractivity contribution in [1.29, 1.82) is 0 Å². The number of carbonyl (C=O) groups excluding carboxylic acids is 1. The molecule has 0 saturated carbocycles. The van der Waals surface area contributed by atoms with Crippen LogP contribution in [0.5, 0.6) is 0 Å². The monoisotopic (exact) mass is 236 g/mol. The first-order valence-corrected chi connectivity index (χ1v) is 6.24. The lowest BCUT2D eigenvalue weighted by atomic mass is 10.1. The van der Waals surface area contributed by atoms with Crippen molar-refractivity contribution in [2.45, 2.75) is 39.3 Å². The van der Waals surface area contributed by atoms with Crippen LogP contribution in [0.4, 0.5) is 0 Å². The number of hydrogen-bond acceptors (Lipinski definition) is 3. The van der Waals surface area contributed by atoms with E-state index in [9.17, 15) is 4.79 Å². The Morgan fingerprint density at radius 2 is 2.41 bits per heavy atom. The van der Waals surface area contributed by atoms with Gasteiger partial charge in [0.2, 0.25) is 0 Å². The van der Waals surface area contributed by atoms with Crippen LogP contribution in [0.2, 0.25) is 0 Å². The lowest BCUT2D eigenvalue weighted by Crippen LogP contribution is -2.35. The molecule has 2 N–H and O–H groups in total. The summed E-state index contributed by atoms with van der Waals surface area (Å²) in [5.74, 6) is 1.32. The number of likely N-dealkylation sites (tertiary alicyclic amines) is 1. The Morgan fingerprint density at radius 3 is 3.00 bits per heavy atom. The summed E-state index contributed by atoms with van der Waals surface area (Å²) in [4.78, 5) is 14.3. The van der Waals surface area contributed by atoms with E-state index in [1.165, 1.54) is 6.26 Å². The summed E-state index contributed by atoms with van der Waals surface area (Å²) in [7, 11) is 0. The lowest BCUT2D eigenvalue weighted by molar-refractivity contribution is 0.0729. The molecule has 1 fully saturated rings. The van der Waals surface area contributed by atoms with Crippen LogP contribution >= 0.6 is 0 Å². The number of rotatable bonds is 3. The molecule has 0 bridgehead atoms. The molecule has 0 spiro atoms. The Bertz CT molecular complexity index is 400. The van der Waals surface area contributed by atoms with Crippen LogP contribution in [-0.2, 0) is 6.54 Å². The van der Waals surface area contributed by atoms with Gasteiger partial charge in [0.05, 0.1) is 12.1 Å². The first kappa shape index (κ1) is 12.2. The molecule has 1 aliphatic rings. The van der Waals surface area contributed by atoms with Crippen LogP contribution < -0.4 is 5.73 Å². The highest BCUT2D eigenvalue weighted by Gasteiger charge is 2.32. The van der Waals surface area contributed by atoms with E-state index in [4.69, 9.17) is 10.2 Å². The average molecular weight is 236 g/mol. The zero-order valence-electron chi connectivity index (χ0n) is 10.5. The van der Waals surface area contributed by atoms with Gasteiger partial charge in [0.25, 0.3) is 5.91 Å². The highest BCUT2D eigenvalue weighted by molar-refractivity contribution is 5.94. The van der Waals surface area contributed by atoms with Gasteiger partial charge in [0, 0.05) is 12.6 Å². The number of nitrogens with zero attached hydrogens (tertiary/aromatic N) is 1. The molecule has 2 heterocycles. The molecule has 2 unspecified atom stereocenters. The molecule has 4 nitrogen and oxygen atoms in total. The number of amides is 1. The molecule has 0 aromatic carbocycles. The molecule has 1 amide bonds. The molecule has 1 aromatic rings. The van der Waals surface area contributed by atoms with Gasteiger partial charge in [-0.15, -0.1) is 0 Å². The zero-order valence-corrected chi connectivity index (χ0v) is 10.5. The lowest BCUT2D eigenvalue weighted by Gasteiger charge is -2.22. The van der Waals surface area contributed by atoms with Gasteiger partial charge in [-0.05, 0) is 24.8 Å². The highest BCUT2D eigenvalue weighted by Crippen LogP contribution is 2.27. The van der Waals surface area contributed by atoms with Crippen LogP contribution in [-0.4, -0.2) is 23.4 Å². The fraction of sp³-hybridized carbons (Fsp3) is 0.615. The van der Waals surface area contributed by atoms with Gasteiger partial charge in [0.1, 0.15) is 12.0 Å². The van der Waals surface area contributed by atoms with E-state index >= 15 is 0 Å². The highest BCUT2D eigenvalue weighted by atomic mass is 16.3. The Kier molecular flexibility index (Phi) is 3.52. The molecule has 1 aliphatic heterocycles. The summed E-state index contributed by atoms with van der Waals surface area (Å²) in [6.45, 7) is 5.50. The predicted molar refractivity (Wildman–Crippen MR) is 65.5 cm³/mol. The van der Waals surface area contributed by atoms with Crippen molar-refractivity contribution in [3.8, 4) is 0 Å². The van der Waals surface area contributed by atoms with Crippen molar-refractivity contribution in [2.24, 2.45) is 11.7 Å². The van der Waals surface area contributed by atoms with E-state index in [0.29, 0.717) is 29.8 Å². The molecule has 2 rings (SSSR count). The number of nitrogens with two attached hydrogens (primary N) is 1. The second-order valence-electron chi connectivity index (χ2n) is 4.87. The Morgan fingerprint density at radius 1 is 1.65 bits per heavy atom. The summed E-state index contributed by atoms with van der Waals surface area (Å²) >= 11 is 0.